The summed E-state index contributed by atoms with van der Waals surface area (Å²) in [6, 6.07) is 5.62. The van der Waals surface area contributed by atoms with E-state index in [1.807, 2.05) is 26.0 Å². The maximum Gasteiger partial charge on any atom is 0.344 e. The lowest BCUT2D eigenvalue weighted by atomic mass is 10.1. The minimum atomic E-state index is -0.654. The Labute approximate surface area is 166 Å². The van der Waals surface area contributed by atoms with Crippen LogP contribution in [0.25, 0.3) is 0 Å². The molecule has 1 aliphatic rings. The number of nitrogens with two attached hydrogens (primary N) is 1. The highest BCUT2D eigenvalue weighted by Gasteiger charge is 2.26. The quantitative estimate of drug-likeness (QED) is 0.692. The van der Waals surface area contributed by atoms with Crippen LogP contribution in [0, 0.1) is 13.8 Å². The summed E-state index contributed by atoms with van der Waals surface area (Å²) in [5.41, 5.74) is 8.76. The number of primary amides is 1. The molecule has 3 N–H and O–H groups in total. The van der Waals surface area contributed by atoms with Gasteiger partial charge in [-0.2, -0.15) is 0 Å². The molecule has 8 heteroatoms. The number of aryl methyl sites for hydroxylation is 3. The van der Waals surface area contributed by atoms with Crippen LogP contribution in [-0.2, 0) is 27.2 Å². The zero-order valence-electron chi connectivity index (χ0n) is 15.8. The van der Waals surface area contributed by atoms with Gasteiger partial charge in [-0.15, -0.1) is 11.3 Å². The molecule has 1 aliphatic carbocycles. The first kappa shape index (κ1) is 19.9. The number of ether oxygens (including phenoxy) is 2. The van der Waals surface area contributed by atoms with Crippen LogP contribution in [0.4, 0.5) is 5.00 Å². The van der Waals surface area contributed by atoms with Crippen molar-refractivity contribution in [3.8, 4) is 5.75 Å². The lowest BCUT2D eigenvalue weighted by Crippen LogP contribution is -2.24. The van der Waals surface area contributed by atoms with Crippen molar-refractivity contribution in [2.45, 2.75) is 33.1 Å². The molecule has 0 radical (unpaired) electrons. The number of amides is 2. The standard InChI is InChI=1S/C20H22N2O5S/c1-11-6-7-14(12(2)8-11)26-10-17(24)27-9-16(23)22-20-18(19(21)25)13-4-3-5-15(13)28-20/h6-8H,3-5,9-10H2,1-2H3,(H2,21,25)(H,22,23). The largest absolute Gasteiger partial charge is 0.482 e. The molecule has 2 amide bonds. The Hall–Kier alpha value is -2.87. The molecule has 0 fully saturated rings. The molecule has 0 saturated carbocycles. The lowest BCUT2D eigenvalue weighted by molar-refractivity contribution is -0.149. The van der Waals surface area contributed by atoms with Crippen molar-refractivity contribution >= 4 is 34.1 Å². The van der Waals surface area contributed by atoms with Gasteiger partial charge in [0.15, 0.2) is 13.2 Å². The Morgan fingerprint density at radius 2 is 1.96 bits per heavy atom. The first-order chi connectivity index (χ1) is 13.3. The van der Waals surface area contributed by atoms with Crippen LogP contribution in [-0.4, -0.2) is 31.0 Å². The number of rotatable bonds is 7. The van der Waals surface area contributed by atoms with Crippen LogP contribution in [0.1, 0.15) is 38.3 Å². The van der Waals surface area contributed by atoms with Gasteiger partial charge in [0.2, 0.25) is 0 Å². The van der Waals surface area contributed by atoms with Crippen molar-refractivity contribution < 1.29 is 23.9 Å². The van der Waals surface area contributed by atoms with E-state index < -0.39 is 24.4 Å². The van der Waals surface area contributed by atoms with Gasteiger partial charge in [-0.05, 0) is 50.3 Å². The van der Waals surface area contributed by atoms with Gasteiger partial charge in [0.1, 0.15) is 10.8 Å². The molecule has 0 saturated heterocycles. The van der Waals surface area contributed by atoms with E-state index in [9.17, 15) is 14.4 Å². The third-order valence-corrected chi connectivity index (χ3v) is 5.67. The second-order valence-corrected chi connectivity index (χ2v) is 7.80. The van der Waals surface area contributed by atoms with Gasteiger partial charge in [0.25, 0.3) is 11.8 Å². The average molecular weight is 402 g/mol. The van der Waals surface area contributed by atoms with Crippen molar-refractivity contribution in [3.63, 3.8) is 0 Å². The molecule has 1 heterocycles. The molecule has 2 aromatic rings. The van der Waals surface area contributed by atoms with Gasteiger partial charge in [0.05, 0.1) is 5.56 Å². The monoisotopic (exact) mass is 402 g/mol. The van der Waals surface area contributed by atoms with Crippen molar-refractivity contribution in [1.29, 1.82) is 0 Å². The fourth-order valence-corrected chi connectivity index (χ4v) is 4.51. The minimum absolute atomic E-state index is 0.295. The highest BCUT2D eigenvalue weighted by Crippen LogP contribution is 2.38. The molecule has 0 bridgehead atoms. The van der Waals surface area contributed by atoms with E-state index in [0.29, 0.717) is 16.3 Å². The third-order valence-electron chi connectivity index (χ3n) is 4.46. The first-order valence-corrected chi connectivity index (χ1v) is 9.76. The van der Waals surface area contributed by atoms with Crippen LogP contribution >= 0.6 is 11.3 Å². The molecule has 0 aliphatic heterocycles. The Kier molecular flexibility index (Phi) is 5.99. The maximum atomic E-state index is 12.1. The molecule has 0 spiro atoms. The normalized spacial score (nSPS) is 12.4. The molecule has 28 heavy (non-hydrogen) atoms. The predicted molar refractivity (Wildman–Crippen MR) is 106 cm³/mol. The molecule has 148 valence electrons. The summed E-state index contributed by atoms with van der Waals surface area (Å²) in [5.74, 6) is -1.15. The average Bonchev–Trinajstić information content (AvgIpc) is 3.19. The second kappa shape index (κ2) is 8.43. The van der Waals surface area contributed by atoms with Crippen molar-refractivity contribution in [2.75, 3.05) is 18.5 Å². The van der Waals surface area contributed by atoms with E-state index in [-0.39, 0.29) is 6.61 Å². The summed E-state index contributed by atoms with van der Waals surface area (Å²) in [5, 5.41) is 3.05. The summed E-state index contributed by atoms with van der Waals surface area (Å²) in [4.78, 5) is 36.8. The van der Waals surface area contributed by atoms with E-state index in [2.05, 4.69) is 5.32 Å². The van der Waals surface area contributed by atoms with Crippen LogP contribution in [0.5, 0.6) is 5.75 Å². The number of hydrogen-bond acceptors (Lipinski definition) is 6. The van der Waals surface area contributed by atoms with Gasteiger partial charge < -0.3 is 20.5 Å². The van der Waals surface area contributed by atoms with Gasteiger partial charge in [-0.25, -0.2) is 4.79 Å². The number of hydrogen-bond donors (Lipinski definition) is 2. The smallest absolute Gasteiger partial charge is 0.344 e. The Balaban J connectivity index is 1.51. The molecule has 3 rings (SSSR count). The third kappa shape index (κ3) is 4.51. The van der Waals surface area contributed by atoms with Crippen LogP contribution < -0.4 is 15.8 Å². The number of carbonyl (C=O) groups excluding carboxylic acids is 3. The van der Waals surface area contributed by atoms with Crippen LogP contribution in [0.3, 0.4) is 0 Å². The fourth-order valence-electron chi connectivity index (χ4n) is 3.20. The Morgan fingerprint density at radius 1 is 1.18 bits per heavy atom. The number of fused-ring (bicyclic) bond motifs is 1. The molecule has 0 unspecified atom stereocenters. The van der Waals surface area contributed by atoms with Gasteiger partial charge >= 0.3 is 5.97 Å². The minimum Gasteiger partial charge on any atom is -0.482 e. The summed E-state index contributed by atoms with van der Waals surface area (Å²) >= 11 is 1.35. The molecular weight excluding hydrogens is 380 g/mol. The topological polar surface area (TPSA) is 108 Å². The van der Waals surface area contributed by atoms with E-state index in [4.69, 9.17) is 15.2 Å². The number of benzene rings is 1. The molecule has 1 aromatic carbocycles. The van der Waals surface area contributed by atoms with Crippen LogP contribution in [0.2, 0.25) is 0 Å². The number of thiophene rings is 1. The molecule has 0 atom stereocenters. The molecule has 7 nitrogen and oxygen atoms in total. The van der Waals surface area contributed by atoms with Crippen molar-refractivity contribution in [3.05, 3.63) is 45.3 Å². The van der Waals surface area contributed by atoms with E-state index >= 15 is 0 Å². The number of nitrogens with one attached hydrogen (secondary N) is 1. The summed E-state index contributed by atoms with van der Waals surface area (Å²) in [6.45, 7) is 3.10. The summed E-state index contributed by atoms with van der Waals surface area (Å²) in [6.07, 6.45) is 2.64. The zero-order valence-corrected chi connectivity index (χ0v) is 16.6. The van der Waals surface area contributed by atoms with E-state index in [1.165, 1.54) is 11.3 Å². The van der Waals surface area contributed by atoms with E-state index in [1.54, 1.807) is 6.07 Å². The van der Waals surface area contributed by atoms with Gasteiger partial charge in [-0.1, -0.05) is 17.7 Å². The molecule has 1 aromatic heterocycles. The van der Waals surface area contributed by atoms with E-state index in [0.717, 1.165) is 40.8 Å². The highest BCUT2D eigenvalue weighted by molar-refractivity contribution is 7.17. The Bertz CT molecular complexity index is 935. The Morgan fingerprint density at radius 3 is 2.68 bits per heavy atom. The van der Waals surface area contributed by atoms with Crippen LogP contribution in [0.15, 0.2) is 18.2 Å². The molecular formula is C20H22N2O5S. The highest BCUT2D eigenvalue weighted by atomic mass is 32.1. The first-order valence-electron chi connectivity index (χ1n) is 8.95. The fraction of sp³-hybridized carbons (Fsp3) is 0.350. The van der Waals surface area contributed by atoms with Crippen molar-refractivity contribution in [2.24, 2.45) is 5.73 Å². The zero-order chi connectivity index (χ0) is 20.3. The second-order valence-electron chi connectivity index (χ2n) is 6.69. The summed E-state index contributed by atoms with van der Waals surface area (Å²) in [7, 11) is 0. The number of esters is 1. The summed E-state index contributed by atoms with van der Waals surface area (Å²) < 4.78 is 10.4. The lowest BCUT2D eigenvalue weighted by Gasteiger charge is -2.10. The van der Waals surface area contributed by atoms with Gasteiger partial charge in [0, 0.05) is 4.88 Å². The maximum absolute atomic E-state index is 12.1. The predicted octanol–water partition coefficient (Wildman–Crippen LogP) is 2.51. The SMILES string of the molecule is Cc1ccc(OCC(=O)OCC(=O)Nc2sc3c(c2C(N)=O)CCC3)c(C)c1. The van der Waals surface area contributed by atoms with Gasteiger partial charge in [-0.3, -0.25) is 9.59 Å². The number of carbonyl (C=O) groups is 3. The number of anilines is 1. The van der Waals surface area contributed by atoms with Crippen molar-refractivity contribution in [1.82, 2.24) is 0 Å².